The quantitative estimate of drug-likeness (QED) is 0.792. The average molecular weight is 226 g/mol. The minimum absolute atomic E-state index is 0.229. The maximum Gasteiger partial charge on any atom is 0.329 e. The molecule has 0 saturated carbocycles. The summed E-state index contributed by atoms with van der Waals surface area (Å²) in [6.07, 6.45) is 0. The van der Waals surface area contributed by atoms with E-state index in [-0.39, 0.29) is 13.2 Å². The average Bonchev–Trinajstić information content (AvgIpc) is 2.28. The van der Waals surface area contributed by atoms with Gasteiger partial charge in [0.05, 0.1) is 20.8 Å². The highest BCUT2D eigenvalue weighted by atomic mass is 16.5. The molecule has 0 amide bonds. The van der Waals surface area contributed by atoms with Gasteiger partial charge in [-0.25, -0.2) is 4.79 Å². The summed E-state index contributed by atoms with van der Waals surface area (Å²) in [6, 6.07) is 5.29. The molecular weight excluding hydrogens is 212 g/mol. The number of carboxylic acid groups (broad SMARTS) is 1. The first-order valence-corrected chi connectivity index (χ1v) is 4.67. The molecule has 16 heavy (non-hydrogen) atoms. The Morgan fingerprint density at radius 2 is 1.94 bits per heavy atom. The second-order valence-corrected chi connectivity index (χ2v) is 3.08. The number of aliphatic carboxylic acids is 1. The molecule has 0 aromatic heterocycles. The Kier molecular flexibility index (Phi) is 4.60. The molecule has 5 nitrogen and oxygen atoms in total. The van der Waals surface area contributed by atoms with Crippen molar-refractivity contribution in [3.63, 3.8) is 0 Å². The summed E-state index contributed by atoms with van der Waals surface area (Å²) in [4.78, 5) is 10.2. The van der Waals surface area contributed by atoms with Gasteiger partial charge in [0.15, 0.2) is 11.5 Å². The van der Waals surface area contributed by atoms with Crippen molar-refractivity contribution in [3.8, 4) is 11.5 Å². The van der Waals surface area contributed by atoms with Gasteiger partial charge in [0.1, 0.15) is 6.61 Å². The van der Waals surface area contributed by atoms with Crippen molar-refractivity contribution in [2.45, 2.75) is 6.61 Å². The SMILES string of the molecule is COc1ccc(COCC(=O)O)cc1OC. The van der Waals surface area contributed by atoms with Gasteiger partial charge in [0, 0.05) is 0 Å². The van der Waals surface area contributed by atoms with Crippen LogP contribution in [-0.2, 0) is 16.1 Å². The normalized spacial score (nSPS) is 9.88. The molecule has 0 aliphatic carbocycles. The van der Waals surface area contributed by atoms with E-state index in [9.17, 15) is 4.79 Å². The smallest absolute Gasteiger partial charge is 0.329 e. The fourth-order valence-electron chi connectivity index (χ4n) is 1.23. The zero-order valence-electron chi connectivity index (χ0n) is 9.23. The van der Waals surface area contributed by atoms with Crippen molar-refractivity contribution in [2.75, 3.05) is 20.8 Å². The molecule has 1 aromatic carbocycles. The highest BCUT2D eigenvalue weighted by Crippen LogP contribution is 2.27. The third-order valence-electron chi connectivity index (χ3n) is 1.94. The van der Waals surface area contributed by atoms with E-state index in [4.69, 9.17) is 19.3 Å². The van der Waals surface area contributed by atoms with Crippen molar-refractivity contribution < 1.29 is 24.1 Å². The molecule has 0 atom stereocenters. The van der Waals surface area contributed by atoms with Crippen molar-refractivity contribution in [1.82, 2.24) is 0 Å². The predicted molar refractivity (Wildman–Crippen MR) is 56.8 cm³/mol. The van der Waals surface area contributed by atoms with E-state index in [0.29, 0.717) is 11.5 Å². The molecule has 0 radical (unpaired) electrons. The molecule has 0 fully saturated rings. The van der Waals surface area contributed by atoms with Crippen molar-refractivity contribution in [3.05, 3.63) is 23.8 Å². The fraction of sp³-hybridized carbons (Fsp3) is 0.364. The lowest BCUT2D eigenvalue weighted by molar-refractivity contribution is -0.142. The lowest BCUT2D eigenvalue weighted by atomic mass is 10.2. The van der Waals surface area contributed by atoms with Gasteiger partial charge in [-0.1, -0.05) is 6.07 Å². The fourth-order valence-corrected chi connectivity index (χ4v) is 1.23. The second kappa shape index (κ2) is 5.97. The maximum atomic E-state index is 10.2. The molecule has 0 aliphatic rings. The summed E-state index contributed by atoms with van der Waals surface area (Å²) >= 11 is 0. The standard InChI is InChI=1S/C11H14O5/c1-14-9-4-3-8(5-10(9)15-2)6-16-7-11(12)13/h3-5H,6-7H2,1-2H3,(H,12,13). The number of carbonyl (C=O) groups is 1. The van der Waals surface area contributed by atoms with Crippen molar-refractivity contribution in [2.24, 2.45) is 0 Å². The predicted octanol–water partition coefficient (Wildman–Crippen LogP) is 1.30. The van der Waals surface area contributed by atoms with Crippen molar-refractivity contribution >= 4 is 5.97 Å². The van der Waals surface area contributed by atoms with E-state index in [1.165, 1.54) is 0 Å². The molecule has 1 rings (SSSR count). The summed E-state index contributed by atoms with van der Waals surface area (Å²) in [5, 5.41) is 8.40. The van der Waals surface area contributed by atoms with Gasteiger partial charge in [-0.05, 0) is 17.7 Å². The van der Waals surface area contributed by atoms with Crippen LogP contribution in [-0.4, -0.2) is 31.9 Å². The van der Waals surface area contributed by atoms with E-state index in [1.807, 2.05) is 0 Å². The summed E-state index contributed by atoms with van der Waals surface area (Å²) in [5.74, 6) is 0.240. The topological polar surface area (TPSA) is 65.0 Å². The molecule has 1 N–H and O–H groups in total. The van der Waals surface area contributed by atoms with E-state index in [1.54, 1.807) is 32.4 Å². The number of hydrogen-bond acceptors (Lipinski definition) is 4. The lowest BCUT2D eigenvalue weighted by Gasteiger charge is -2.09. The van der Waals surface area contributed by atoms with E-state index in [2.05, 4.69) is 0 Å². The monoisotopic (exact) mass is 226 g/mol. The van der Waals surface area contributed by atoms with Crippen LogP contribution in [0, 0.1) is 0 Å². The van der Waals surface area contributed by atoms with Crippen LogP contribution in [0.1, 0.15) is 5.56 Å². The van der Waals surface area contributed by atoms with Gasteiger partial charge < -0.3 is 19.3 Å². The Morgan fingerprint density at radius 3 is 2.50 bits per heavy atom. The largest absolute Gasteiger partial charge is 0.493 e. The van der Waals surface area contributed by atoms with Crippen LogP contribution >= 0.6 is 0 Å². The number of ether oxygens (including phenoxy) is 3. The second-order valence-electron chi connectivity index (χ2n) is 3.08. The van der Waals surface area contributed by atoms with Gasteiger partial charge in [-0.15, -0.1) is 0 Å². The summed E-state index contributed by atoms with van der Waals surface area (Å²) in [5.41, 5.74) is 0.832. The van der Waals surface area contributed by atoms with Crippen LogP contribution in [0.25, 0.3) is 0 Å². The third kappa shape index (κ3) is 3.43. The number of benzene rings is 1. The maximum absolute atomic E-state index is 10.2. The first-order valence-electron chi connectivity index (χ1n) is 4.67. The van der Waals surface area contributed by atoms with Gasteiger partial charge in [0.25, 0.3) is 0 Å². The minimum Gasteiger partial charge on any atom is -0.493 e. The molecule has 0 heterocycles. The van der Waals surface area contributed by atoms with Gasteiger partial charge in [0.2, 0.25) is 0 Å². The Morgan fingerprint density at radius 1 is 1.25 bits per heavy atom. The van der Waals surface area contributed by atoms with Crippen LogP contribution in [0.15, 0.2) is 18.2 Å². The molecule has 0 unspecified atom stereocenters. The first-order chi connectivity index (χ1) is 7.67. The zero-order valence-corrected chi connectivity index (χ0v) is 9.23. The van der Waals surface area contributed by atoms with Crippen LogP contribution < -0.4 is 9.47 Å². The highest BCUT2D eigenvalue weighted by molar-refractivity contribution is 5.68. The minimum atomic E-state index is -0.986. The summed E-state index contributed by atoms with van der Waals surface area (Å²) < 4.78 is 15.1. The van der Waals surface area contributed by atoms with Gasteiger partial charge in [-0.3, -0.25) is 0 Å². The molecule has 0 spiro atoms. The number of rotatable bonds is 6. The Bertz CT molecular complexity index is 361. The highest BCUT2D eigenvalue weighted by Gasteiger charge is 2.05. The Balaban J connectivity index is 2.64. The van der Waals surface area contributed by atoms with Gasteiger partial charge in [-0.2, -0.15) is 0 Å². The molecule has 0 saturated heterocycles. The van der Waals surface area contributed by atoms with E-state index >= 15 is 0 Å². The van der Waals surface area contributed by atoms with Gasteiger partial charge >= 0.3 is 5.97 Å². The lowest BCUT2D eigenvalue weighted by Crippen LogP contribution is -2.06. The van der Waals surface area contributed by atoms with Crippen molar-refractivity contribution in [1.29, 1.82) is 0 Å². The van der Waals surface area contributed by atoms with Crippen LogP contribution in [0.2, 0.25) is 0 Å². The molecule has 88 valence electrons. The Hall–Kier alpha value is -1.75. The third-order valence-corrected chi connectivity index (χ3v) is 1.94. The first kappa shape index (κ1) is 12.3. The zero-order chi connectivity index (χ0) is 12.0. The van der Waals surface area contributed by atoms with Crippen LogP contribution in [0.4, 0.5) is 0 Å². The van der Waals surface area contributed by atoms with E-state index < -0.39 is 5.97 Å². The number of methoxy groups -OCH3 is 2. The number of carboxylic acids is 1. The molecule has 1 aromatic rings. The summed E-state index contributed by atoms with van der Waals surface area (Å²) in [6.45, 7) is -0.0823. The van der Waals surface area contributed by atoms with Crippen LogP contribution in [0.5, 0.6) is 11.5 Å². The molecular formula is C11H14O5. The Labute approximate surface area is 93.6 Å². The molecule has 5 heteroatoms. The van der Waals surface area contributed by atoms with Crippen LogP contribution in [0.3, 0.4) is 0 Å². The molecule has 0 aliphatic heterocycles. The molecule has 0 bridgehead atoms. The summed E-state index contributed by atoms with van der Waals surface area (Å²) in [7, 11) is 3.10. The number of hydrogen-bond donors (Lipinski definition) is 1. The van der Waals surface area contributed by atoms with E-state index in [0.717, 1.165) is 5.56 Å².